The van der Waals surface area contributed by atoms with Crippen LogP contribution in [0.25, 0.3) is 11.0 Å². The zero-order valence-electron chi connectivity index (χ0n) is 18.0. The Morgan fingerprint density at radius 1 is 1.13 bits per heavy atom. The predicted octanol–water partition coefficient (Wildman–Crippen LogP) is 6.60. The third-order valence-electron chi connectivity index (χ3n) is 5.70. The number of hydrogen-bond donors (Lipinski definition) is 1. The fraction of sp³-hybridized carbons (Fsp3) is 0.360. The second kappa shape index (κ2) is 9.69. The lowest BCUT2D eigenvalue weighted by atomic mass is 9.95. The summed E-state index contributed by atoms with van der Waals surface area (Å²) >= 11 is 3.58. The summed E-state index contributed by atoms with van der Waals surface area (Å²) in [6.07, 6.45) is 5.59. The van der Waals surface area contributed by atoms with Gasteiger partial charge in [-0.05, 0) is 43.2 Å². The third kappa shape index (κ3) is 4.54. The number of esters is 1. The van der Waals surface area contributed by atoms with Crippen molar-refractivity contribution in [2.45, 2.75) is 52.0 Å². The molecule has 162 valence electrons. The van der Waals surface area contributed by atoms with Gasteiger partial charge in [-0.3, -0.25) is 4.57 Å². The van der Waals surface area contributed by atoms with Crippen LogP contribution in [0.3, 0.4) is 0 Å². The van der Waals surface area contributed by atoms with Gasteiger partial charge in [0.05, 0.1) is 29.3 Å². The molecule has 0 radical (unpaired) electrons. The number of nitrogens with one attached hydrogen (secondary N) is 1. The molecule has 6 heteroatoms. The van der Waals surface area contributed by atoms with Gasteiger partial charge in [-0.15, -0.1) is 0 Å². The van der Waals surface area contributed by atoms with Gasteiger partial charge in [0.2, 0.25) is 5.95 Å². The van der Waals surface area contributed by atoms with Gasteiger partial charge in [-0.1, -0.05) is 72.8 Å². The Kier molecular flexibility index (Phi) is 6.76. The Morgan fingerprint density at radius 3 is 2.74 bits per heavy atom. The van der Waals surface area contributed by atoms with Gasteiger partial charge in [0, 0.05) is 10.2 Å². The first-order valence-corrected chi connectivity index (χ1v) is 11.8. The molecule has 1 aliphatic heterocycles. The summed E-state index contributed by atoms with van der Waals surface area (Å²) in [5, 5.41) is 3.33. The number of para-hydroxylation sites is 2. The van der Waals surface area contributed by atoms with Crippen molar-refractivity contribution in [2.24, 2.45) is 0 Å². The quantitative estimate of drug-likeness (QED) is 0.290. The number of benzene rings is 2. The number of nitrogens with zero attached hydrogens (tertiary/aromatic N) is 2. The fourth-order valence-electron chi connectivity index (χ4n) is 4.17. The first-order chi connectivity index (χ1) is 15.1. The first-order valence-electron chi connectivity index (χ1n) is 11.0. The first kappa shape index (κ1) is 21.6. The number of halogens is 1. The average molecular weight is 482 g/mol. The highest BCUT2D eigenvalue weighted by molar-refractivity contribution is 9.10. The number of anilines is 1. The number of fused-ring (bicyclic) bond motifs is 3. The molecule has 1 N–H and O–H groups in total. The Morgan fingerprint density at radius 2 is 1.94 bits per heavy atom. The molecule has 0 saturated heterocycles. The summed E-state index contributed by atoms with van der Waals surface area (Å²) in [4.78, 5) is 18.0. The van der Waals surface area contributed by atoms with E-state index in [1.807, 2.05) is 49.4 Å². The second-order valence-corrected chi connectivity index (χ2v) is 8.88. The van der Waals surface area contributed by atoms with Gasteiger partial charge in [0.25, 0.3) is 0 Å². The summed E-state index contributed by atoms with van der Waals surface area (Å²) in [6, 6.07) is 15.8. The number of allylic oxidation sites excluding steroid dienone is 1. The van der Waals surface area contributed by atoms with Crippen LogP contribution >= 0.6 is 15.9 Å². The molecule has 1 aliphatic rings. The molecule has 0 aliphatic carbocycles. The zero-order valence-corrected chi connectivity index (χ0v) is 19.6. The Balaban J connectivity index is 1.68. The predicted molar refractivity (Wildman–Crippen MR) is 128 cm³/mol. The van der Waals surface area contributed by atoms with E-state index in [9.17, 15) is 4.79 Å². The highest BCUT2D eigenvalue weighted by atomic mass is 79.9. The van der Waals surface area contributed by atoms with E-state index in [2.05, 4.69) is 38.8 Å². The largest absolute Gasteiger partial charge is 0.462 e. The van der Waals surface area contributed by atoms with Crippen molar-refractivity contribution < 1.29 is 9.53 Å². The maximum Gasteiger partial charge on any atom is 0.338 e. The molecule has 0 bridgehead atoms. The molecule has 5 nitrogen and oxygen atoms in total. The molecule has 0 spiro atoms. The van der Waals surface area contributed by atoms with Gasteiger partial charge < -0.3 is 10.1 Å². The minimum Gasteiger partial charge on any atom is -0.462 e. The molecule has 1 aromatic heterocycles. The number of aromatic nitrogens is 2. The molecule has 0 amide bonds. The topological polar surface area (TPSA) is 56.1 Å². The lowest BCUT2D eigenvalue weighted by Crippen LogP contribution is -2.29. The van der Waals surface area contributed by atoms with E-state index >= 15 is 0 Å². The normalized spacial score (nSPS) is 15.6. The minimum absolute atomic E-state index is 0.270. The van der Waals surface area contributed by atoms with Crippen LogP contribution in [0.2, 0.25) is 0 Å². The fourth-order valence-corrected chi connectivity index (χ4v) is 4.59. The van der Waals surface area contributed by atoms with Crippen LogP contribution in [0.4, 0.5) is 5.95 Å². The third-order valence-corrected chi connectivity index (χ3v) is 6.19. The highest BCUT2D eigenvalue weighted by Crippen LogP contribution is 2.40. The highest BCUT2D eigenvalue weighted by Gasteiger charge is 2.35. The van der Waals surface area contributed by atoms with Gasteiger partial charge in [0.15, 0.2) is 0 Å². The zero-order chi connectivity index (χ0) is 21.8. The maximum atomic E-state index is 13.3. The van der Waals surface area contributed by atoms with Gasteiger partial charge in [-0.2, -0.15) is 0 Å². The van der Waals surface area contributed by atoms with Crippen LogP contribution in [0.1, 0.15) is 57.6 Å². The average Bonchev–Trinajstić information content (AvgIpc) is 3.12. The summed E-state index contributed by atoms with van der Waals surface area (Å²) < 4.78 is 8.80. The van der Waals surface area contributed by atoms with Crippen LogP contribution in [0.15, 0.2) is 64.3 Å². The van der Waals surface area contributed by atoms with Crippen LogP contribution in [0, 0.1) is 0 Å². The van der Waals surface area contributed by atoms with E-state index in [1.165, 1.54) is 19.3 Å². The van der Waals surface area contributed by atoms with Crippen LogP contribution in [-0.4, -0.2) is 22.1 Å². The van der Waals surface area contributed by atoms with Crippen molar-refractivity contribution in [1.29, 1.82) is 0 Å². The van der Waals surface area contributed by atoms with E-state index in [1.54, 1.807) is 0 Å². The van der Waals surface area contributed by atoms with Crippen molar-refractivity contribution in [2.75, 3.05) is 11.9 Å². The molecular weight excluding hydrogens is 454 g/mol. The summed E-state index contributed by atoms with van der Waals surface area (Å²) in [7, 11) is 0. The smallest absolute Gasteiger partial charge is 0.338 e. The molecular formula is C25H28BrN3O2. The van der Waals surface area contributed by atoms with E-state index in [4.69, 9.17) is 9.72 Å². The molecule has 31 heavy (non-hydrogen) atoms. The maximum absolute atomic E-state index is 13.3. The van der Waals surface area contributed by atoms with Crippen molar-refractivity contribution in [3.05, 3.63) is 69.8 Å². The van der Waals surface area contributed by atoms with Gasteiger partial charge in [-0.25, -0.2) is 9.78 Å². The lowest BCUT2D eigenvalue weighted by Gasteiger charge is -2.30. The Labute approximate surface area is 191 Å². The number of carbonyl (C=O) groups is 1. The van der Waals surface area contributed by atoms with E-state index in [0.29, 0.717) is 12.2 Å². The Hall–Kier alpha value is -2.60. The van der Waals surface area contributed by atoms with Crippen molar-refractivity contribution in [1.82, 2.24) is 9.55 Å². The molecule has 2 heterocycles. The molecule has 1 unspecified atom stereocenters. The monoisotopic (exact) mass is 481 g/mol. The molecule has 3 aromatic rings. The van der Waals surface area contributed by atoms with Gasteiger partial charge in [0.1, 0.15) is 0 Å². The number of hydrogen-bond acceptors (Lipinski definition) is 4. The minimum atomic E-state index is -0.311. The summed E-state index contributed by atoms with van der Waals surface area (Å²) in [5.41, 5.74) is 4.29. The SMILES string of the molecule is CCCCCCCOC(=O)C1=C(C)Nc2nc3ccccc3n2C1c1cccc(Br)c1. The lowest BCUT2D eigenvalue weighted by molar-refractivity contribution is -0.139. The van der Waals surface area contributed by atoms with Gasteiger partial charge >= 0.3 is 5.97 Å². The molecule has 2 aromatic carbocycles. The van der Waals surface area contributed by atoms with Crippen molar-refractivity contribution in [3.8, 4) is 0 Å². The van der Waals surface area contributed by atoms with E-state index < -0.39 is 0 Å². The standard InChI is InChI=1S/C25H28BrN3O2/c1-3-4-5-6-9-15-31-24(30)22-17(2)27-25-28-20-13-7-8-14-21(20)29(25)23(22)18-11-10-12-19(26)16-18/h7-8,10-14,16,23H,3-6,9,15H2,1-2H3,(H,27,28). The second-order valence-electron chi connectivity index (χ2n) is 7.97. The number of ether oxygens (including phenoxy) is 1. The molecule has 0 fully saturated rings. The Bertz CT molecular complexity index is 1120. The summed E-state index contributed by atoms with van der Waals surface area (Å²) in [6.45, 7) is 4.56. The number of unbranched alkanes of at least 4 members (excludes halogenated alkanes) is 4. The van der Waals surface area contributed by atoms with Crippen molar-refractivity contribution in [3.63, 3.8) is 0 Å². The number of imidazole rings is 1. The molecule has 1 atom stereocenters. The van der Waals surface area contributed by atoms with Crippen LogP contribution < -0.4 is 5.32 Å². The van der Waals surface area contributed by atoms with Crippen LogP contribution in [0.5, 0.6) is 0 Å². The molecule has 0 saturated carbocycles. The summed E-state index contributed by atoms with van der Waals surface area (Å²) in [5.74, 6) is 0.466. The van der Waals surface area contributed by atoms with E-state index in [-0.39, 0.29) is 12.0 Å². The number of carbonyl (C=O) groups excluding carboxylic acids is 1. The van der Waals surface area contributed by atoms with Crippen molar-refractivity contribution >= 4 is 38.9 Å². The molecule has 4 rings (SSSR count). The van der Waals surface area contributed by atoms with Crippen LogP contribution in [-0.2, 0) is 9.53 Å². The van der Waals surface area contributed by atoms with E-state index in [0.717, 1.165) is 45.6 Å². The number of rotatable bonds is 8.